The van der Waals surface area contributed by atoms with Crippen molar-refractivity contribution in [1.82, 2.24) is 15.1 Å². The lowest BCUT2D eigenvalue weighted by Crippen LogP contribution is -2.44. The van der Waals surface area contributed by atoms with Gasteiger partial charge in [-0.05, 0) is 49.7 Å². The maximum atomic E-state index is 14.3. The number of benzene rings is 2. The second kappa shape index (κ2) is 9.43. The molecule has 0 spiro atoms. The van der Waals surface area contributed by atoms with Crippen LogP contribution in [0.4, 0.5) is 13.6 Å². The Bertz CT molecular complexity index is 1090. The zero-order valence-corrected chi connectivity index (χ0v) is 18.8. The van der Waals surface area contributed by atoms with Gasteiger partial charge in [-0.15, -0.1) is 0 Å². The zero-order chi connectivity index (χ0) is 24.3. The minimum Gasteiger partial charge on any atom is -0.493 e. The molecule has 1 aliphatic rings. The first kappa shape index (κ1) is 24.0. The van der Waals surface area contributed by atoms with Gasteiger partial charge >= 0.3 is 6.03 Å². The van der Waals surface area contributed by atoms with Crippen molar-refractivity contribution in [2.45, 2.75) is 25.9 Å². The molecule has 3 rings (SSSR count). The summed E-state index contributed by atoms with van der Waals surface area (Å²) in [5.41, 5.74) is -1.38. The lowest BCUT2D eigenvalue weighted by atomic mass is 9.91. The second-order valence-electron chi connectivity index (χ2n) is 7.67. The molecule has 33 heavy (non-hydrogen) atoms. The third-order valence-corrected chi connectivity index (χ3v) is 5.59. The molecule has 0 aromatic heterocycles. The van der Waals surface area contributed by atoms with E-state index in [-0.39, 0.29) is 12.1 Å². The molecular weight excluding hydrogens is 436 g/mol. The Morgan fingerprint density at radius 1 is 1.09 bits per heavy atom. The molecule has 1 fully saturated rings. The average molecular weight is 461 g/mol. The average Bonchev–Trinajstić information content (AvgIpc) is 3.02. The van der Waals surface area contributed by atoms with E-state index in [0.717, 1.165) is 23.8 Å². The number of carbonyl (C=O) groups is 3. The SMILES string of the molecule is CCN(Cc1ccc(OC)c(OC)c1)C(=O)CN1C(=O)NC(C)(c2cc(F)ccc2F)C1=O. The van der Waals surface area contributed by atoms with Crippen LogP contribution in [0.5, 0.6) is 11.5 Å². The molecule has 1 atom stereocenters. The quantitative estimate of drug-likeness (QED) is 0.611. The summed E-state index contributed by atoms with van der Waals surface area (Å²) >= 11 is 0. The first-order valence-corrected chi connectivity index (χ1v) is 10.2. The number of carbonyl (C=O) groups excluding carboxylic acids is 3. The highest BCUT2D eigenvalue weighted by molar-refractivity contribution is 6.09. The summed E-state index contributed by atoms with van der Waals surface area (Å²) in [6, 6.07) is 7.00. The first-order chi connectivity index (χ1) is 15.6. The lowest BCUT2D eigenvalue weighted by molar-refractivity contribution is -0.139. The number of amides is 4. The number of nitrogens with zero attached hydrogens (tertiary/aromatic N) is 2. The van der Waals surface area contributed by atoms with Crippen LogP contribution in [-0.4, -0.2) is 55.0 Å². The van der Waals surface area contributed by atoms with E-state index in [1.54, 1.807) is 25.1 Å². The van der Waals surface area contributed by atoms with Gasteiger partial charge in [-0.2, -0.15) is 0 Å². The van der Waals surface area contributed by atoms with E-state index in [2.05, 4.69) is 5.32 Å². The van der Waals surface area contributed by atoms with Crippen molar-refractivity contribution in [2.75, 3.05) is 27.3 Å². The molecule has 0 aliphatic carbocycles. The van der Waals surface area contributed by atoms with Gasteiger partial charge in [0.15, 0.2) is 11.5 Å². The van der Waals surface area contributed by atoms with Gasteiger partial charge in [0, 0.05) is 18.7 Å². The smallest absolute Gasteiger partial charge is 0.325 e. The maximum absolute atomic E-state index is 14.3. The predicted octanol–water partition coefficient (Wildman–Crippen LogP) is 2.80. The van der Waals surface area contributed by atoms with Crippen LogP contribution >= 0.6 is 0 Å². The Hall–Kier alpha value is -3.69. The van der Waals surface area contributed by atoms with Crippen molar-refractivity contribution in [3.63, 3.8) is 0 Å². The highest BCUT2D eigenvalue weighted by Crippen LogP contribution is 2.31. The third-order valence-electron chi connectivity index (χ3n) is 5.59. The van der Waals surface area contributed by atoms with Crippen LogP contribution in [-0.2, 0) is 21.7 Å². The highest BCUT2D eigenvalue weighted by Gasteiger charge is 2.51. The summed E-state index contributed by atoms with van der Waals surface area (Å²) < 4.78 is 38.5. The number of urea groups is 1. The number of nitrogens with one attached hydrogen (secondary N) is 1. The molecule has 1 N–H and O–H groups in total. The maximum Gasteiger partial charge on any atom is 0.325 e. The summed E-state index contributed by atoms with van der Waals surface area (Å²) in [5.74, 6) is -1.88. The van der Waals surface area contributed by atoms with Gasteiger partial charge in [-0.25, -0.2) is 13.6 Å². The van der Waals surface area contributed by atoms with Crippen LogP contribution in [0.25, 0.3) is 0 Å². The number of hydrogen-bond acceptors (Lipinski definition) is 5. The van der Waals surface area contributed by atoms with E-state index in [0.29, 0.717) is 22.9 Å². The third kappa shape index (κ3) is 4.59. The second-order valence-corrected chi connectivity index (χ2v) is 7.67. The number of rotatable bonds is 8. The summed E-state index contributed by atoms with van der Waals surface area (Å²) in [6.45, 7) is 3.01. The number of halogens is 2. The molecule has 2 aromatic carbocycles. The van der Waals surface area contributed by atoms with Crippen LogP contribution < -0.4 is 14.8 Å². The van der Waals surface area contributed by atoms with E-state index in [1.807, 2.05) is 0 Å². The molecule has 10 heteroatoms. The zero-order valence-electron chi connectivity index (χ0n) is 18.8. The molecule has 1 unspecified atom stereocenters. The minimum absolute atomic E-state index is 0.204. The highest BCUT2D eigenvalue weighted by atomic mass is 19.1. The van der Waals surface area contributed by atoms with Crippen molar-refractivity contribution in [2.24, 2.45) is 0 Å². The van der Waals surface area contributed by atoms with Crippen LogP contribution in [0.3, 0.4) is 0 Å². The van der Waals surface area contributed by atoms with Crippen molar-refractivity contribution >= 4 is 17.8 Å². The molecule has 0 radical (unpaired) electrons. The number of ether oxygens (including phenoxy) is 2. The van der Waals surface area contributed by atoms with Gasteiger partial charge in [-0.1, -0.05) is 6.07 Å². The Kier molecular flexibility index (Phi) is 6.85. The normalized spacial score (nSPS) is 17.7. The summed E-state index contributed by atoms with van der Waals surface area (Å²) in [7, 11) is 3.02. The van der Waals surface area contributed by atoms with Crippen molar-refractivity contribution < 1.29 is 32.6 Å². The number of imide groups is 1. The summed E-state index contributed by atoms with van der Waals surface area (Å²) in [5, 5.41) is 2.38. The minimum atomic E-state index is -1.83. The standard InChI is InChI=1S/C23H25F2N3O5/c1-5-27(12-14-6-9-18(32-3)19(10-14)33-4)20(29)13-28-21(30)23(2,26-22(28)31)16-11-15(24)7-8-17(16)25/h6-11H,5,12-13H2,1-4H3,(H,26,31). The van der Waals surface area contributed by atoms with Crippen LogP contribution in [0.15, 0.2) is 36.4 Å². The largest absolute Gasteiger partial charge is 0.493 e. The van der Waals surface area contributed by atoms with E-state index in [1.165, 1.54) is 26.0 Å². The molecule has 1 heterocycles. The fourth-order valence-electron chi connectivity index (χ4n) is 3.71. The predicted molar refractivity (Wildman–Crippen MR) is 115 cm³/mol. The van der Waals surface area contributed by atoms with Gasteiger partial charge < -0.3 is 19.7 Å². The topological polar surface area (TPSA) is 88.2 Å². The molecular formula is C23H25F2N3O5. The van der Waals surface area contributed by atoms with Crippen LogP contribution in [0, 0.1) is 11.6 Å². The molecule has 1 aliphatic heterocycles. The lowest BCUT2D eigenvalue weighted by Gasteiger charge is -2.25. The van der Waals surface area contributed by atoms with Crippen molar-refractivity contribution in [3.8, 4) is 11.5 Å². The molecule has 0 saturated carbocycles. The van der Waals surface area contributed by atoms with E-state index >= 15 is 0 Å². The van der Waals surface area contributed by atoms with Gasteiger partial charge in [0.25, 0.3) is 5.91 Å². The van der Waals surface area contributed by atoms with Gasteiger partial charge in [0.1, 0.15) is 23.7 Å². The van der Waals surface area contributed by atoms with E-state index in [9.17, 15) is 23.2 Å². The number of hydrogen-bond donors (Lipinski definition) is 1. The Labute approximate surface area is 190 Å². The van der Waals surface area contributed by atoms with Gasteiger partial charge in [0.05, 0.1) is 14.2 Å². The number of likely N-dealkylation sites (N-methyl/N-ethyl adjacent to an activating group) is 1. The summed E-state index contributed by atoms with van der Waals surface area (Å²) in [6.07, 6.45) is 0. The monoisotopic (exact) mass is 461 g/mol. The number of methoxy groups -OCH3 is 2. The van der Waals surface area contributed by atoms with Crippen LogP contribution in [0.1, 0.15) is 25.0 Å². The fraction of sp³-hybridized carbons (Fsp3) is 0.348. The molecule has 2 aromatic rings. The molecule has 4 amide bonds. The Balaban J connectivity index is 1.78. The fourth-order valence-corrected chi connectivity index (χ4v) is 3.71. The molecule has 1 saturated heterocycles. The molecule has 8 nitrogen and oxygen atoms in total. The molecule has 176 valence electrons. The van der Waals surface area contributed by atoms with Gasteiger partial charge in [-0.3, -0.25) is 14.5 Å². The van der Waals surface area contributed by atoms with Gasteiger partial charge in [0.2, 0.25) is 5.91 Å². The van der Waals surface area contributed by atoms with E-state index < -0.39 is 41.6 Å². The Morgan fingerprint density at radius 2 is 1.79 bits per heavy atom. The van der Waals surface area contributed by atoms with E-state index in [4.69, 9.17) is 9.47 Å². The van der Waals surface area contributed by atoms with Crippen molar-refractivity contribution in [3.05, 3.63) is 59.2 Å². The van der Waals surface area contributed by atoms with Crippen molar-refractivity contribution in [1.29, 1.82) is 0 Å². The Morgan fingerprint density at radius 3 is 2.42 bits per heavy atom. The summed E-state index contributed by atoms with van der Waals surface area (Å²) in [4.78, 5) is 40.6. The molecule has 0 bridgehead atoms. The first-order valence-electron chi connectivity index (χ1n) is 10.2. The van der Waals surface area contributed by atoms with Crippen LogP contribution in [0.2, 0.25) is 0 Å².